The third kappa shape index (κ3) is 5.12. The quantitative estimate of drug-likeness (QED) is 0.399. The summed E-state index contributed by atoms with van der Waals surface area (Å²) in [4.78, 5) is 0. The van der Waals surface area contributed by atoms with Gasteiger partial charge in [0, 0.05) is 12.2 Å². The van der Waals surface area contributed by atoms with Gasteiger partial charge in [-0.2, -0.15) is 0 Å². The lowest BCUT2D eigenvalue weighted by molar-refractivity contribution is 0.302. The molecule has 0 bridgehead atoms. The minimum atomic E-state index is 0.541. The number of hydrogen-bond donors (Lipinski definition) is 1. The van der Waals surface area contributed by atoms with Crippen molar-refractivity contribution in [2.75, 3.05) is 5.32 Å². The average molecular weight is 475 g/mol. The van der Waals surface area contributed by atoms with Gasteiger partial charge in [-0.25, -0.2) is 0 Å². The molecule has 3 rings (SSSR count). The van der Waals surface area contributed by atoms with Gasteiger partial charge in [0.05, 0.1) is 8.95 Å². The average Bonchev–Trinajstić information content (AvgIpc) is 2.67. The van der Waals surface area contributed by atoms with E-state index >= 15 is 0 Å². The molecular formula is C22H21Br2NO. The minimum absolute atomic E-state index is 0.541. The van der Waals surface area contributed by atoms with E-state index in [1.165, 1.54) is 11.1 Å². The second kappa shape index (κ2) is 9.24. The number of halogens is 2. The van der Waals surface area contributed by atoms with Crippen LogP contribution in [0.15, 0.2) is 75.7 Å². The van der Waals surface area contributed by atoms with E-state index in [1.807, 2.05) is 18.2 Å². The van der Waals surface area contributed by atoms with E-state index in [9.17, 15) is 0 Å². The molecule has 0 aliphatic rings. The monoisotopic (exact) mass is 473 g/mol. The zero-order valence-electron chi connectivity index (χ0n) is 14.6. The standard InChI is InChI=1S/C22H21Br2NO/c1-2-16-8-10-19(11-9-16)25-14-18-12-20(23)22(21(24)13-18)26-15-17-6-4-3-5-7-17/h3-13,25H,2,14-15H2,1H3. The van der Waals surface area contributed by atoms with Crippen LogP contribution in [0.3, 0.4) is 0 Å². The van der Waals surface area contributed by atoms with Crippen molar-refractivity contribution >= 4 is 37.5 Å². The predicted octanol–water partition coefficient (Wildman–Crippen LogP) is 6.97. The van der Waals surface area contributed by atoms with Gasteiger partial charge in [-0.05, 0) is 79.2 Å². The zero-order chi connectivity index (χ0) is 18.4. The van der Waals surface area contributed by atoms with Crippen molar-refractivity contribution in [2.24, 2.45) is 0 Å². The van der Waals surface area contributed by atoms with Gasteiger partial charge in [0.25, 0.3) is 0 Å². The molecule has 0 aliphatic carbocycles. The molecule has 2 nitrogen and oxygen atoms in total. The molecule has 0 unspecified atom stereocenters. The Morgan fingerprint density at radius 3 is 2.08 bits per heavy atom. The number of hydrogen-bond acceptors (Lipinski definition) is 2. The number of aryl methyl sites for hydroxylation is 1. The highest BCUT2D eigenvalue weighted by atomic mass is 79.9. The molecule has 0 heterocycles. The van der Waals surface area contributed by atoms with E-state index < -0.39 is 0 Å². The van der Waals surface area contributed by atoms with Crippen LogP contribution in [-0.2, 0) is 19.6 Å². The molecule has 3 aromatic carbocycles. The lowest BCUT2D eigenvalue weighted by Gasteiger charge is -2.13. The minimum Gasteiger partial charge on any atom is -0.487 e. The van der Waals surface area contributed by atoms with Gasteiger partial charge >= 0.3 is 0 Å². The normalized spacial score (nSPS) is 10.6. The number of nitrogens with one attached hydrogen (secondary N) is 1. The topological polar surface area (TPSA) is 21.3 Å². The Labute approximate surface area is 171 Å². The Hall–Kier alpha value is -1.78. The second-order valence-corrected chi connectivity index (χ2v) is 7.78. The summed E-state index contributed by atoms with van der Waals surface area (Å²) in [6.45, 7) is 3.46. The predicted molar refractivity (Wildman–Crippen MR) is 116 cm³/mol. The Morgan fingerprint density at radius 2 is 1.46 bits per heavy atom. The molecule has 3 aromatic rings. The third-order valence-corrected chi connectivity index (χ3v) is 5.32. The first-order valence-electron chi connectivity index (χ1n) is 8.63. The fourth-order valence-electron chi connectivity index (χ4n) is 2.64. The maximum absolute atomic E-state index is 5.98. The molecule has 26 heavy (non-hydrogen) atoms. The molecule has 4 heteroatoms. The van der Waals surface area contributed by atoms with E-state index in [-0.39, 0.29) is 0 Å². The zero-order valence-corrected chi connectivity index (χ0v) is 17.8. The van der Waals surface area contributed by atoms with Crippen LogP contribution in [0.4, 0.5) is 5.69 Å². The maximum atomic E-state index is 5.98. The summed E-state index contributed by atoms with van der Waals surface area (Å²) < 4.78 is 7.87. The molecule has 0 saturated heterocycles. The van der Waals surface area contributed by atoms with Crippen LogP contribution in [-0.4, -0.2) is 0 Å². The molecule has 0 fully saturated rings. The maximum Gasteiger partial charge on any atom is 0.148 e. The fourth-order valence-corrected chi connectivity index (χ4v) is 4.15. The number of rotatable bonds is 7. The smallest absolute Gasteiger partial charge is 0.148 e. The second-order valence-electron chi connectivity index (χ2n) is 6.07. The van der Waals surface area contributed by atoms with Crippen LogP contribution in [0.2, 0.25) is 0 Å². The van der Waals surface area contributed by atoms with Crippen molar-refractivity contribution in [3.05, 3.63) is 92.4 Å². The summed E-state index contributed by atoms with van der Waals surface area (Å²) in [6.07, 6.45) is 1.06. The van der Waals surface area contributed by atoms with Gasteiger partial charge in [-0.1, -0.05) is 49.4 Å². The van der Waals surface area contributed by atoms with Crippen LogP contribution >= 0.6 is 31.9 Å². The molecule has 0 spiro atoms. The van der Waals surface area contributed by atoms with E-state index in [1.54, 1.807) is 0 Å². The van der Waals surface area contributed by atoms with Gasteiger partial charge in [-0.3, -0.25) is 0 Å². The van der Waals surface area contributed by atoms with Crippen LogP contribution in [0.5, 0.6) is 5.75 Å². The first-order chi connectivity index (χ1) is 12.7. The molecular weight excluding hydrogens is 454 g/mol. The highest BCUT2D eigenvalue weighted by Crippen LogP contribution is 2.35. The van der Waals surface area contributed by atoms with Gasteiger partial charge in [0.1, 0.15) is 12.4 Å². The Kier molecular flexibility index (Phi) is 6.75. The van der Waals surface area contributed by atoms with Crippen molar-refractivity contribution in [1.29, 1.82) is 0 Å². The number of ether oxygens (including phenoxy) is 1. The molecule has 0 aromatic heterocycles. The lowest BCUT2D eigenvalue weighted by Crippen LogP contribution is -2.01. The number of anilines is 1. The SMILES string of the molecule is CCc1ccc(NCc2cc(Br)c(OCc3ccccc3)c(Br)c2)cc1. The Morgan fingerprint density at radius 1 is 0.808 bits per heavy atom. The van der Waals surface area contributed by atoms with Crippen molar-refractivity contribution in [3.63, 3.8) is 0 Å². The number of benzene rings is 3. The van der Waals surface area contributed by atoms with Crippen molar-refractivity contribution in [2.45, 2.75) is 26.5 Å². The summed E-state index contributed by atoms with van der Waals surface area (Å²) in [5, 5.41) is 3.46. The molecule has 0 atom stereocenters. The van der Waals surface area contributed by atoms with Gasteiger partial charge < -0.3 is 10.1 Å². The first kappa shape index (κ1) is 19.0. The van der Waals surface area contributed by atoms with E-state index in [0.29, 0.717) is 6.61 Å². The van der Waals surface area contributed by atoms with E-state index in [4.69, 9.17) is 4.74 Å². The Balaban J connectivity index is 1.64. The van der Waals surface area contributed by atoms with Gasteiger partial charge in [0.15, 0.2) is 0 Å². The summed E-state index contributed by atoms with van der Waals surface area (Å²) in [6, 6.07) is 22.9. The third-order valence-electron chi connectivity index (χ3n) is 4.14. The first-order valence-corrected chi connectivity index (χ1v) is 10.2. The molecule has 0 aliphatic heterocycles. The summed E-state index contributed by atoms with van der Waals surface area (Å²) in [5.41, 5.74) is 4.79. The van der Waals surface area contributed by atoms with Crippen LogP contribution in [0.25, 0.3) is 0 Å². The van der Waals surface area contributed by atoms with Crippen molar-refractivity contribution in [3.8, 4) is 5.75 Å². The van der Waals surface area contributed by atoms with Crippen LogP contribution < -0.4 is 10.1 Å². The van der Waals surface area contributed by atoms with E-state index in [2.05, 4.69) is 92.6 Å². The van der Waals surface area contributed by atoms with Crippen molar-refractivity contribution < 1.29 is 4.74 Å². The van der Waals surface area contributed by atoms with Crippen LogP contribution in [0.1, 0.15) is 23.6 Å². The van der Waals surface area contributed by atoms with Gasteiger partial charge in [0.2, 0.25) is 0 Å². The summed E-state index contributed by atoms with van der Waals surface area (Å²) in [7, 11) is 0. The van der Waals surface area contributed by atoms with Crippen LogP contribution in [0, 0.1) is 0 Å². The Bertz CT molecular complexity index is 825. The summed E-state index contributed by atoms with van der Waals surface area (Å²) >= 11 is 7.27. The molecule has 0 radical (unpaired) electrons. The fraction of sp³-hybridized carbons (Fsp3) is 0.182. The molecule has 134 valence electrons. The highest BCUT2D eigenvalue weighted by Gasteiger charge is 2.09. The van der Waals surface area contributed by atoms with Gasteiger partial charge in [-0.15, -0.1) is 0 Å². The summed E-state index contributed by atoms with van der Waals surface area (Å²) in [5.74, 6) is 0.824. The molecule has 1 N–H and O–H groups in total. The molecule has 0 amide bonds. The molecule has 0 saturated carbocycles. The highest BCUT2D eigenvalue weighted by molar-refractivity contribution is 9.11. The lowest BCUT2D eigenvalue weighted by atomic mass is 10.1. The van der Waals surface area contributed by atoms with E-state index in [0.717, 1.165) is 38.9 Å². The van der Waals surface area contributed by atoms with Crippen molar-refractivity contribution in [1.82, 2.24) is 0 Å². The largest absolute Gasteiger partial charge is 0.487 e.